The summed E-state index contributed by atoms with van der Waals surface area (Å²) in [5.41, 5.74) is 3.83. The molecule has 4 rings (SSSR count). The molecule has 1 aliphatic heterocycles. The van der Waals surface area contributed by atoms with Crippen LogP contribution in [-0.4, -0.2) is 50.1 Å². The van der Waals surface area contributed by atoms with Crippen molar-refractivity contribution in [1.82, 2.24) is 10.2 Å². The van der Waals surface area contributed by atoms with Crippen LogP contribution in [0.3, 0.4) is 0 Å². The number of nitrogens with one attached hydrogen (secondary N) is 1. The van der Waals surface area contributed by atoms with Crippen molar-refractivity contribution in [3.63, 3.8) is 0 Å². The smallest absolute Gasteiger partial charge is 0.234 e. The van der Waals surface area contributed by atoms with E-state index in [2.05, 4.69) is 51.5 Å². The fraction of sp³-hybridized carbons (Fsp3) is 0.458. The van der Waals surface area contributed by atoms with E-state index in [1.54, 1.807) is 0 Å². The van der Waals surface area contributed by atoms with E-state index in [-0.39, 0.29) is 11.9 Å². The molecule has 2 aromatic carbocycles. The minimum atomic E-state index is 0.134. The maximum absolute atomic E-state index is 12.7. The highest BCUT2D eigenvalue weighted by atomic mass is 16.5. The Bertz CT molecular complexity index is 830. The number of ether oxygens (including phenoxy) is 1. The Morgan fingerprint density at radius 2 is 1.83 bits per heavy atom. The zero-order chi connectivity index (χ0) is 20.1. The Kier molecular flexibility index (Phi) is 6.35. The largest absolute Gasteiger partial charge is 0.492 e. The van der Waals surface area contributed by atoms with Crippen molar-refractivity contribution in [2.24, 2.45) is 0 Å². The summed E-state index contributed by atoms with van der Waals surface area (Å²) in [5.74, 6) is 1.08. The summed E-state index contributed by atoms with van der Waals surface area (Å²) in [7, 11) is 0. The Balaban J connectivity index is 1.30. The molecular weight excluding hydrogens is 362 g/mol. The summed E-state index contributed by atoms with van der Waals surface area (Å²) in [6, 6.07) is 16.9. The van der Waals surface area contributed by atoms with Crippen LogP contribution in [0.5, 0.6) is 5.75 Å². The molecule has 0 aromatic heterocycles. The minimum Gasteiger partial charge on any atom is -0.492 e. The first-order valence-electron chi connectivity index (χ1n) is 10.8. The molecule has 1 N–H and O–H groups in total. The number of hydrogen-bond donors (Lipinski definition) is 1. The van der Waals surface area contributed by atoms with Crippen molar-refractivity contribution in [2.75, 3.05) is 44.2 Å². The molecule has 1 aliphatic carbocycles. The quantitative estimate of drug-likeness (QED) is 0.817. The van der Waals surface area contributed by atoms with E-state index >= 15 is 0 Å². The van der Waals surface area contributed by atoms with Crippen molar-refractivity contribution in [1.29, 1.82) is 0 Å². The summed E-state index contributed by atoms with van der Waals surface area (Å²) in [4.78, 5) is 17.3. The first-order valence-corrected chi connectivity index (χ1v) is 10.8. The number of anilines is 1. The van der Waals surface area contributed by atoms with Crippen LogP contribution in [0.15, 0.2) is 48.5 Å². The van der Waals surface area contributed by atoms with Gasteiger partial charge in [0, 0.05) is 26.2 Å². The average Bonchev–Trinajstić information content (AvgIpc) is 2.75. The van der Waals surface area contributed by atoms with Crippen molar-refractivity contribution in [3.8, 4) is 5.75 Å². The van der Waals surface area contributed by atoms with E-state index in [1.165, 1.54) is 11.1 Å². The molecule has 1 amide bonds. The van der Waals surface area contributed by atoms with E-state index in [0.29, 0.717) is 13.2 Å². The lowest BCUT2D eigenvalue weighted by atomic mass is 9.88. The van der Waals surface area contributed by atoms with Crippen molar-refractivity contribution in [2.45, 2.75) is 32.2 Å². The number of nitrogens with zero attached hydrogens (tertiary/aromatic N) is 2. The number of aryl methyl sites for hydroxylation is 1. The molecule has 0 bridgehead atoms. The number of carbonyl (C=O) groups is 1. The van der Waals surface area contributed by atoms with Gasteiger partial charge in [0.25, 0.3) is 0 Å². The molecule has 0 unspecified atom stereocenters. The van der Waals surface area contributed by atoms with Crippen molar-refractivity contribution < 1.29 is 9.53 Å². The summed E-state index contributed by atoms with van der Waals surface area (Å²) in [5, 5.41) is 3.28. The molecule has 154 valence electrons. The van der Waals surface area contributed by atoms with E-state index in [4.69, 9.17) is 4.74 Å². The van der Waals surface area contributed by atoms with Gasteiger partial charge in [0.05, 0.1) is 24.9 Å². The third-order valence-electron chi connectivity index (χ3n) is 5.95. The predicted molar refractivity (Wildman–Crippen MR) is 117 cm³/mol. The van der Waals surface area contributed by atoms with E-state index in [9.17, 15) is 4.79 Å². The van der Waals surface area contributed by atoms with Gasteiger partial charge in [-0.05, 0) is 49.4 Å². The van der Waals surface area contributed by atoms with Crippen LogP contribution < -0.4 is 15.0 Å². The van der Waals surface area contributed by atoms with Crippen LogP contribution in [0.2, 0.25) is 0 Å². The molecule has 0 spiro atoms. The lowest BCUT2D eigenvalue weighted by Crippen LogP contribution is -2.50. The van der Waals surface area contributed by atoms with Gasteiger partial charge in [-0.15, -0.1) is 0 Å². The maximum atomic E-state index is 12.7. The number of carbonyl (C=O) groups excluding carboxylic acids is 1. The molecule has 1 heterocycles. The Morgan fingerprint density at radius 3 is 2.66 bits per heavy atom. The van der Waals surface area contributed by atoms with Crippen molar-refractivity contribution >= 4 is 11.6 Å². The number of para-hydroxylation sites is 2. The summed E-state index contributed by atoms with van der Waals surface area (Å²) >= 11 is 0. The monoisotopic (exact) mass is 393 g/mol. The first kappa shape index (κ1) is 19.8. The molecule has 1 fully saturated rings. The van der Waals surface area contributed by atoms with Crippen LogP contribution in [0.4, 0.5) is 5.69 Å². The second kappa shape index (κ2) is 9.31. The fourth-order valence-electron chi connectivity index (χ4n) is 4.49. The number of piperazine rings is 1. The van der Waals surface area contributed by atoms with Gasteiger partial charge in [0.15, 0.2) is 0 Å². The van der Waals surface area contributed by atoms with Crippen molar-refractivity contribution in [3.05, 3.63) is 59.7 Å². The first-order chi connectivity index (χ1) is 14.2. The standard InChI is InChI=1S/C24H31N3O2/c1-2-29-23-13-6-5-12-22(23)27-16-14-26(15-17-27)18-24(28)25-21-11-7-9-19-8-3-4-10-20(19)21/h3-6,8,10,12-13,21H,2,7,9,11,14-18H2,1H3,(H,25,28)/t21-/m0/s1. The zero-order valence-electron chi connectivity index (χ0n) is 17.3. The highest BCUT2D eigenvalue weighted by molar-refractivity contribution is 5.78. The number of benzene rings is 2. The molecular formula is C24H31N3O2. The summed E-state index contributed by atoms with van der Waals surface area (Å²) < 4.78 is 5.78. The Labute approximate surface area is 173 Å². The SMILES string of the molecule is CCOc1ccccc1N1CCN(CC(=O)N[C@H]2CCCc3ccccc32)CC1. The van der Waals surface area contributed by atoms with Crippen LogP contribution >= 0.6 is 0 Å². The Hall–Kier alpha value is -2.53. The number of hydrogen-bond acceptors (Lipinski definition) is 4. The van der Waals surface area contributed by atoms with Crippen LogP contribution in [-0.2, 0) is 11.2 Å². The third-order valence-corrected chi connectivity index (χ3v) is 5.95. The highest BCUT2D eigenvalue weighted by Crippen LogP contribution is 2.30. The minimum absolute atomic E-state index is 0.134. The van der Waals surface area contributed by atoms with Gasteiger partial charge in [0.1, 0.15) is 5.75 Å². The van der Waals surface area contributed by atoms with Gasteiger partial charge in [-0.2, -0.15) is 0 Å². The van der Waals surface area contributed by atoms with Crippen LogP contribution in [0, 0.1) is 0 Å². The van der Waals surface area contributed by atoms with Gasteiger partial charge in [0.2, 0.25) is 5.91 Å². The van der Waals surface area contributed by atoms with Gasteiger partial charge >= 0.3 is 0 Å². The van der Waals surface area contributed by atoms with E-state index < -0.39 is 0 Å². The fourth-order valence-corrected chi connectivity index (χ4v) is 4.49. The molecule has 0 saturated carbocycles. The number of rotatable bonds is 6. The Morgan fingerprint density at radius 1 is 1.07 bits per heavy atom. The highest BCUT2D eigenvalue weighted by Gasteiger charge is 2.24. The lowest BCUT2D eigenvalue weighted by molar-refractivity contribution is -0.123. The summed E-state index contributed by atoms with van der Waals surface area (Å²) in [6.45, 7) is 6.73. The lowest BCUT2D eigenvalue weighted by Gasteiger charge is -2.36. The van der Waals surface area contributed by atoms with Gasteiger partial charge < -0.3 is 15.0 Å². The molecule has 5 nitrogen and oxygen atoms in total. The number of fused-ring (bicyclic) bond motifs is 1. The molecule has 2 aliphatic rings. The van der Waals surface area contributed by atoms with Gasteiger partial charge in [-0.3, -0.25) is 9.69 Å². The van der Waals surface area contributed by atoms with E-state index in [1.807, 2.05) is 19.1 Å². The second-order valence-corrected chi connectivity index (χ2v) is 7.88. The van der Waals surface area contributed by atoms with E-state index in [0.717, 1.165) is 56.9 Å². The average molecular weight is 394 g/mol. The maximum Gasteiger partial charge on any atom is 0.234 e. The number of amides is 1. The second-order valence-electron chi connectivity index (χ2n) is 7.88. The predicted octanol–water partition coefficient (Wildman–Crippen LogP) is 3.40. The molecule has 1 atom stereocenters. The van der Waals surface area contributed by atoms with Crippen LogP contribution in [0.1, 0.15) is 36.9 Å². The summed E-state index contributed by atoms with van der Waals surface area (Å²) in [6.07, 6.45) is 3.29. The normalized spacial score (nSPS) is 19.5. The third kappa shape index (κ3) is 4.73. The van der Waals surface area contributed by atoms with Gasteiger partial charge in [-0.25, -0.2) is 0 Å². The molecule has 29 heavy (non-hydrogen) atoms. The molecule has 1 saturated heterocycles. The van der Waals surface area contributed by atoms with Crippen LogP contribution in [0.25, 0.3) is 0 Å². The molecule has 2 aromatic rings. The topological polar surface area (TPSA) is 44.8 Å². The molecule has 5 heteroatoms. The zero-order valence-corrected chi connectivity index (χ0v) is 17.3. The van der Waals surface area contributed by atoms with Gasteiger partial charge in [-0.1, -0.05) is 36.4 Å². The molecule has 0 radical (unpaired) electrons.